The highest BCUT2D eigenvalue weighted by atomic mass is 16.5. The third-order valence-electron chi connectivity index (χ3n) is 2.46. The van der Waals surface area contributed by atoms with Gasteiger partial charge in [0.1, 0.15) is 0 Å². The van der Waals surface area contributed by atoms with Crippen molar-refractivity contribution in [3.8, 4) is 6.01 Å². The Morgan fingerprint density at radius 2 is 2.05 bits per heavy atom. The molecule has 0 bridgehead atoms. The van der Waals surface area contributed by atoms with E-state index < -0.39 is 0 Å². The summed E-state index contributed by atoms with van der Waals surface area (Å²) < 4.78 is 5.37. The first-order valence-corrected chi connectivity index (χ1v) is 6.94. The maximum Gasteiger partial charge on any atom is 0.323 e. The second-order valence-electron chi connectivity index (χ2n) is 4.44. The van der Waals surface area contributed by atoms with Crippen molar-refractivity contribution < 1.29 is 9.53 Å². The van der Waals surface area contributed by atoms with E-state index in [9.17, 15) is 4.79 Å². The third-order valence-corrected chi connectivity index (χ3v) is 2.46. The number of hydrazine groups is 1. The Bertz CT molecular complexity index is 455. The molecule has 0 fully saturated rings. The average molecular weight is 297 g/mol. The molecule has 1 amide bonds. The van der Waals surface area contributed by atoms with Crippen molar-refractivity contribution in [1.82, 2.24) is 20.3 Å². The number of rotatable bonds is 9. The second-order valence-corrected chi connectivity index (χ2v) is 4.44. The number of anilines is 2. The molecule has 9 nitrogen and oxygen atoms in total. The van der Waals surface area contributed by atoms with Crippen LogP contribution in [-0.2, 0) is 4.79 Å². The zero-order valence-corrected chi connectivity index (χ0v) is 12.7. The fraction of sp³-hybridized carbons (Fsp3) is 0.667. The van der Waals surface area contributed by atoms with Crippen LogP contribution in [0.5, 0.6) is 6.01 Å². The number of hydrogen-bond acceptors (Lipinski definition) is 8. The fourth-order valence-corrected chi connectivity index (χ4v) is 1.45. The Hall–Kier alpha value is -2.16. The lowest BCUT2D eigenvalue weighted by Gasteiger charge is -2.17. The summed E-state index contributed by atoms with van der Waals surface area (Å²) in [6, 6.07) is 0.176. The van der Waals surface area contributed by atoms with Crippen LogP contribution in [0, 0.1) is 0 Å². The van der Waals surface area contributed by atoms with Crippen LogP contribution in [0.1, 0.15) is 26.7 Å². The molecule has 0 radical (unpaired) electrons. The van der Waals surface area contributed by atoms with Crippen LogP contribution in [0.15, 0.2) is 0 Å². The first kappa shape index (κ1) is 16.9. The molecule has 1 rings (SSSR count). The van der Waals surface area contributed by atoms with Crippen molar-refractivity contribution >= 4 is 17.8 Å². The van der Waals surface area contributed by atoms with Crippen molar-refractivity contribution in [2.45, 2.75) is 26.7 Å². The fourth-order valence-electron chi connectivity index (χ4n) is 1.45. The van der Waals surface area contributed by atoms with Gasteiger partial charge in [0.15, 0.2) is 0 Å². The summed E-state index contributed by atoms with van der Waals surface area (Å²) >= 11 is 0. The molecule has 0 saturated carbocycles. The SMILES string of the molecule is CCCNC(=O)CN(C)c1nc(NN)nc(OCCC)n1. The monoisotopic (exact) mass is 297 g/mol. The largest absolute Gasteiger partial charge is 0.463 e. The molecular weight excluding hydrogens is 274 g/mol. The highest BCUT2D eigenvalue weighted by Gasteiger charge is 2.13. The number of hydrogen-bond donors (Lipinski definition) is 3. The Balaban J connectivity index is 2.77. The molecule has 4 N–H and O–H groups in total. The van der Waals surface area contributed by atoms with Gasteiger partial charge in [0.2, 0.25) is 17.8 Å². The van der Waals surface area contributed by atoms with Crippen molar-refractivity contribution in [2.24, 2.45) is 5.84 Å². The van der Waals surface area contributed by atoms with Gasteiger partial charge in [-0.2, -0.15) is 15.0 Å². The lowest BCUT2D eigenvalue weighted by atomic mass is 10.4. The molecule has 1 heterocycles. The van der Waals surface area contributed by atoms with E-state index in [2.05, 4.69) is 25.7 Å². The van der Waals surface area contributed by atoms with Crippen LogP contribution in [0.4, 0.5) is 11.9 Å². The van der Waals surface area contributed by atoms with Crippen LogP contribution in [0.3, 0.4) is 0 Å². The molecular formula is C12H23N7O2. The molecule has 1 aromatic heterocycles. The van der Waals surface area contributed by atoms with Gasteiger partial charge in [-0.25, -0.2) is 5.84 Å². The normalized spacial score (nSPS) is 10.1. The molecule has 0 aliphatic rings. The van der Waals surface area contributed by atoms with E-state index in [4.69, 9.17) is 10.6 Å². The number of amides is 1. The van der Waals surface area contributed by atoms with E-state index in [0.29, 0.717) is 19.1 Å². The van der Waals surface area contributed by atoms with Crippen molar-refractivity contribution in [3.63, 3.8) is 0 Å². The van der Waals surface area contributed by atoms with Gasteiger partial charge in [0.25, 0.3) is 0 Å². The number of likely N-dealkylation sites (N-methyl/N-ethyl adjacent to an activating group) is 1. The van der Waals surface area contributed by atoms with Gasteiger partial charge in [0.05, 0.1) is 13.2 Å². The molecule has 0 saturated heterocycles. The van der Waals surface area contributed by atoms with Crippen molar-refractivity contribution in [1.29, 1.82) is 0 Å². The van der Waals surface area contributed by atoms with E-state index in [0.717, 1.165) is 12.8 Å². The summed E-state index contributed by atoms with van der Waals surface area (Å²) in [7, 11) is 1.71. The van der Waals surface area contributed by atoms with Gasteiger partial charge in [0, 0.05) is 13.6 Å². The van der Waals surface area contributed by atoms with Gasteiger partial charge in [-0.15, -0.1) is 0 Å². The zero-order chi connectivity index (χ0) is 15.7. The van der Waals surface area contributed by atoms with Crippen LogP contribution in [0.2, 0.25) is 0 Å². The predicted molar refractivity (Wildman–Crippen MR) is 80.0 cm³/mol. The standard InChI is InChI=1S/C12H23N7O2/c1-4-6-14-9(20)8-19(3)11-15-10(18-13)16-12(17-11)21-7-5-2/h4-8,13H2,1-3H3,(H,14,20)(H,15,16,17,18). The topological polar surface area (TPSA) is 118 Å². The molecule has 0 aliphatic carbocycles. The number of nitrogens with one attached hydrogen (secondary N) is 2. The first-order chi connectivity index (χ1) is 10.1. The summed E-state index contributed by atoms with van der Waals surface area (Å²) in [5.74, 6) is 5.73. The Morgan fingerprint density at radius 3 is 2.67 bits per heavy atom. The summed E-state index contributed by atoms with van der Waals surface area (Å²) in [5.41, 5.74) is 2.36. The molecule has 1 aromatic rings. The van der Waals surface area contributed by atoms with Crippen LogP contribution in [0.25, 0.3) is 0 Å². The van der Waals surface area contributed by atoms with E-state index in [1.807, 2.05) is 13.8 Å². The summed E-state index contributed by atoms with van der Waals surface area (Å²) in [6.45, 7) is 5.25. The lowest BCUT2D eigenvalue weighted by molar-refractivity contribution is -0.119. The number of nitrogens with zero attached hydrogens (tertiary/aromatic N) is 4. The van der Waals surface area contributed by atoms with Crippen LogP contribution < -0.4 is 26.2 Å². The first-order valence-electron chi connectivity index (χ1n) is 6.94. The average Bonchev–Trinajstić information content (AvgIpc) is 2.50. The van der Waals surface area contributed by atoms with Crippen molar-refractivity contribution in [3.05, 3.63) is 0 Å². The highest BCUT2D eigenvalue weighted by Crippen LogP contribution is 2.13. The number of ether oxygens (including phenoxy) is 1. The molecule has 118 valence electrons. The Morgan fingerprint density at radius 1 is 1.29 bits per heavy atom. The quantitative estimate of drug-likeness (QED) is 0.427. The number of nitrogens with two attached hydrogens (primary N) is 1. The molecule has 9 heteroatoms. The molecule has 0 aliphatic heterocycles. The van der Waals surface area contributed by atoms with E-state index in [1.54, 1.807) is 11.9 Å². The lowest BCUT2D eigenvalue weighted by Crippen LogP contribution is -2.36. The molecule has 0 aromatic carbocycles. The molecule has 0 atom stereocenters. The smallest absolute Gasteiger partial charge is 0.323 e. The van der Waals surface area contributed by atoms with E-state index in [-0.39, 0.29) is 24.4 Å². The number of nitrogen functional groups attached to an aromatic ring is 1. The molecule has 21 heavy (non-hydrogen) atoms. The van der Waals surface area contributed by atoms with Gasteiger partial charge < -0.3 is 15.0 Å². The summed E-state index contributed by atoms with van der Waals surface area (Å²) in [4.78, 5) is 25.6. The summed E-state index contributed by atoms with van der Waals surface area (Å²) in [5, 5.41) is 2.79. The predicted octanol–water partition coefficient (Wildman–Crippen LogP) is -0.0916. The second kappa shape index (κ2) is 8.90. The number of aromatic nitrogens is 3. The van der Waals surface area contributed by atoms with Crippen molar-refractivity contribution in [2.75, 3.05) is 37.1 Å². The Kier molecular flexibility index (Phi) is 7.16. The zero-order valence-electron chi connectivity index (χ0n) is 12.7. The minimum absolute atomic E-state index is 0.0990. The van der Waals surface area contributed by atoms with Gasteiger partial charge in [-0.3, -0.25) is 10.2 Å². The molecule has 0 unspecified atom stereocenters. The van der Waals surface area contributed by atoms with Gasteiger partial charge in [-0.05, 0) is 12.8 Å². The van der Waals surface area contributed by atoms with Crippen LogP contribution >= 0.6 is 0 Å². The van der Waals surface area contributed by atoms with E-state index >= 15 is 0 Å². The van der Waals surface area contributed by atoms with Gasteiger partial charge >= 0.3 is 6.01 Å². The molecule has 0 spiro atoms. The maximum atomic E-state index is 11.7. The minimum Gasteiger partial charge on any atom is -0.463 e. The van der Waals surface area contributed by atoms with Gasteiger partial charge in [-0.1, -0.05) is 13.8 Å². The number of carbonyl (C=O) groups excluding carboxylic acids is 1. The van der Waals surface area contributed by atoms with E-state index in [1.165, 1.54) is 0 Å². The summed E-state index contributed by atoms with van der Waals surface area (Å²) in [6.07, 6.45) is 1.72. The Labute approximate surface area is 124 Å². The highest BCUT2D eigenvalue weighted by molar-refractivity contribution is 5.80. The third kappa shape index (κ3) is 5.78. The maximum absolute atomic E-state index is 11.7. The minimum atomic E-state index is -0.0990. The number of carbonyl (C=O) groups is 1. The van der Waals surface area contributed by atoms with Crippen LogP contribution in [-0.4, -0.2) is 47.6 Å².